The van der Waals surface area contributed by atoms with Crippen molar-refractivity contribution in [2.45, 2.75) is 51.1 Å². The number of carbonyl (C=O) groups excluding carboxylic acids is 1. The topological polar surface area (TPSA) is 44.4 Å². The molecule has 104 valence electrons. The number of rotatable bonds is 2. The quantitative estimate of drug-likeness (QED) is 0.721. The molecule has 18 heavy (non-hydrogen) atoms. The molecule has 0 bridgehead atoms. The first kappa shape index (κ1) is 13.8. The predicted octanol–water partition coefficient (Wildman–Crippen LogP) is 0.975. The Hall–Kier alpha value is -0.610. The standard InChI is InChI=1S/C14H27N3O/c1-11-4-3-5-12(7-6-11)17-9-8-16-10-13(17)14(18)15-2/h11-13,16H,3-10H2,1-2H3,(H,15,18). The van der Waals surface area contributed by atoms with Crippen molar-refractivity contribution in [3.05, 3.63) is 0 Å². The predicted molar refractivity (Wildman–Crippen MR) is 73.5 cm³/mol. The second-order valence-electron chi connectivity index (χ2n) is 5.84. The highest BCUT2D eigenvalue weighted by molar-refractivity contribution is 5.81. The first-order chi connectivity index (χ1) is 8.72. The molecule has 4 nitrogen and oxygen atoms in total. The van der Waals surface area contributed by atoms with E-state index in [9.17, 15) is 4.79 Å². The van der Waals surface area contributed by atoms with Gasteiger partial charge in [0.15, 0.2) is 0 Å². The van der Waals surface area contributed by atoms with E-state index in [-0.39, 0.29) is 11.9 Å². The van der Waals surface area contributed by atoms with Crippen LogP contribution >= 0.6 is 0 Å². The normalized spacial score (nSPS) is 34.9. The number of carbonyl (C=O) groups is 1. The monoisotopic (exact) mass is 253 g/mol. The zero-order valence-electron chi connectivity index (χ0n) is 11.7. The lowest BCUT2D eigenvalue weighted by Crippen LogP contribution is -2.60. The Kier molecular flexibility index (Phi) is 5.01. The first-order valence-electron chi connectivity index (χ1n) is 7.40. The second kappa shape index (κ2) is 6.53. The van der Waals surface area contributed by atoms with E-state index < -0.39 is 0 Å². The van der Waals surface area contributed by atoms with Crippen molar-refractivity contribution in [2.24, 2.45) is 5.92 Å². The van der Waals surface area contributed by atoms with Crippen LogP contribution in [0.2, 0.25) is 0 Å². The van der Waals surface area contributed by atoms with Gasteiger partial charge >= 0.3 is 0 Å². The van der Waals surface area contributed by atoms with Gasteiger partial charge in [-0.2, -0.15) is 0 Å². The molecular formula is C14H27N3O. The summed E-state index contributed by atoms with van der Waals surface area (Å²) in [6.45, 7) is 5.18. The van der Waals surface area contributed by atoms with Crippen LogP contribution < -0.4 is 10.6 Å². The lowest BCUT2D eigenvalue weighted by atomic mass is 10.0. The van der Waals surface area contributed by atoms with Gasteiger partial charge in [0.25, 0.3) is 0 Å². The largest absolute Gasteiger partial charge is 0.358 e. The molecule has 2 N–H and O–H groups in total. The van der Waals surface area contributed by atoms with Gasteiger partial charge in [0, 0.05) is 32.7 Å². The Morgan fingerprint density at radius 1 is 1.28 bits per heavy atom. The molecule has 3 atom stereocenters. The third-order valence-electron chi connectivity index (χ3n) is 4.53. The summed E-state index contributed by atoms with van der Waals surface area (Å²) in [7, 11) is 1.74. The molecule has 1 saturated heterocycles. The Bertz CT molecular complexity index is 282. The number of hydrogen-bond acceptors (Lipinski definition) is 3. The number of likely N-dealkylation sites (N-methyl/N-ethyl adjacent to an activating group) is 1. The highest BCUT2D eigenvalue weighted by Crippen LogP contribution is 2.27. The zero-order valence-corrected chi connectivity index (χ0v) is 11.7. The number of hydrogen-bond donors (Lipinski definition) is 2. The maximum absolute atomic E-state index is 12.0. The molecule has 3 unspecified atom stereocenters. The minimum absolute atomic E-state index is 0.0298. The van der Waals surface area contributed by atoms with E-state index in [1.807, 2.05) is 0 Å². The van der Waals surface area contributed by atoms with Crippen LogP contribution in [0.15, 0.2) is 0 Å². The van der Waals surface area contributed by atoms with Crippen molar-refractivity contribution >= 4 is 5.91 Å². The van der Waals surface area contributed by atoms with E-state index >= 15 is 0 Å². The molecule has 0 aromatic carbocycles. The Labute approximate surface area is 110 Å². The highest BCUT2D eigenvalue weighted by Gasteiger charge is 2.33. The molecule has 1 heterocycles. The van der Waals surface area contributed by atoms with Crippen LogP contribution in [0.25, 0.3) is 0 Å². The van der Waals surface area contributed by atoms with Crippen molar-refractivity contribution in [3.8, 4) is 0 Å². The van der Waals surface area contributed by atoms with Gasteiger partial charge in [0.05, 0.1) is 0 Å². The molecule has 0 radical (unpaired) electrons. The lowest BCUT2D eigenvalue weighted by Gasteiger charge is -2.40. The molecule has 2 rings (SSSR count). The maximum Gasteiger partial charge on any atom is 0.238 e. The number of amides is 1. The third kappa shape index (κ3) is 3.23. The fraction of sp³-hybridized carbons (Fsp3) is 0.929. The minimum Gasteiger partial charge on any atom is -0.358 e. The zero-order chi connectivity index (χ0) is 13.0. The van der Waals surface area contributed by atoms with Gasteiger partial charge in [-0.25, -0.2) is 0 Å². The molecule has 1 aliphatic carbocycles. The Morgan fingerprint density at radius 2 is 2.11 bits per heavy atom. The van der Waals surface area contributed by atoms with Crippen molar-refractivity contribution < 1.29 is 4.79 Å². The lowest BCUT2D eigenvalue weighted by molar-refractivity contribution is -0.127. The van der Waals surface area contributed by atoms with E-state index in [0.717, 1.165) is 25.6 Å². The number of piperazine rings is 1. The number of nitrogens with one attached hydrogen (secondary N) is 2. The summed E-state index contributed by atoms with van der Waals surface area (Å²) >= 11 is 0. The highest BCUT2D eigenvalue weighted by atomic mass is 16.2. The van der Waals surface area contributed by atoms with E-state index in [2.05, 4.69) is 22.5 Å². The van der Waals surface area contributed by atoms with Crippen molar-refractivity contribution in [3.63, 3.8) is 0 Å². The van der Waals surface area contributed by atoms with Gasteiger partial charge in [-0.1, -0.05) is 19.8 Å². The molecule has 0 aromatic rings. The Balaban J connectivity index is 2.01. The van der Waals surface area contributed by atoms with Crippen LogP contribution in [-0.4, -0.2) is 49.6 Å². The van der Waals surface area contributed by atoms with Crippen LogP contribution in [0.1, 0.15) is 39.0 Å². The summed E-state index contributed by atoms with van der Waals surface area (Å²) in [6.07, 6.45) is 6.50. The molecule has 1 amide bonds. The van der Waals surface area contributed by atoms with Gasteiger partial charge in [-0.05, 0) is 25.2 Å². The van der Waals surface area contributed by atoms with Crippen LogP contribution in [-0.2, 0) is 4.79 Å². The average molecular weight is 253 g/mol. The average Bonchev–Trinajstić information content (AvgIpc) is 2.62. The van der Waals surface area contributed by atoms with E-state index in [4.69, 9.17) is 0 Å². The minimum atomic E-state index is 0.0298. The van der Waals surface area contributed by atoms with Gasteiger partial charge in [0.2, 0.25) is 5.91 Å². The molecule has 0 aromatic heterocycles. The van der Waals surface area contributed by atoms with Crippen molar-refractivity contribution in [2.75, 3.05) is 26.7 Å². The smallest absolute Gasteiger partial charge is 0.238 e. The molecular weight excluding hydrogens is 226 g/mol. The molecule has 4 heteroatoms. The molecule has 2 fully saturated rings. The molecule has 1 saturated carbocycles. The summed E-state index contributed by atoms with van der Waals surface area (Å²) in [5.74, 6) is 1.02. The van der Waals surface area contributed by atoms with Crippen molar-refractivity contribution in [1.29, 1.82) is 0 Å². The number of nitrogens with zero attached hydrogens (tertiary/aromatic N) is 1. The first-order valence-corrected chi connectivity index (χ1v) is 7.40. The van der Waals surface area contributed by atoms with Crippen LogP contribution in [0.4, 0.5) is 0 Å². The fourth-order valence-corrected chi connectivity index (χ4v) is 3.37. The van der Waals surface area contributed by atoms with E-state index in [1.54, 1.807) is 7.05 Å². The molecule has 2 aliphatic rings. The third-order valence-corrected chi connectivity index (χ3v) is 4.53. The Morgan fingerprint density at radius 3 is 2.89 bits per heavy atom. The summed E-state index contributed by atoms with van der Waals surface area (Å²) in [5.41, 5.74) is 0. The maximum atomic E-state index is 12.0. The van der Waals surface area contributed by atoms with Gasteiger partial charge < -0.3 is 10.6 Å². The SMILES string of the molecule is CNC(=O)C1CNCCN1C1CCCC(C)CC1. The van der Waals surface area contributed by atoms with Crippen molar-refractivity contribution in [1.82, 2.24) is 15.5 Å². The fourth-order valence-electron chi connectivity index (χ4n) is 3.37. The van der Waals surface area contributed by atoms with Crippen LogP contribution in [0, 0.1) is 5.92 Å². The van der Waals surface area contributed by atoms with Crippen LogP contribution in [0.3, 0.4) is 0 Å². The van der Waals surface area contributed by atoms with Gasteiger partial charge in [-0.3, -0.25) is 9.69 Å². The summed E-state index contributed by atoms with van der Waals surface area (Å²) in [5, 5.41) is 6.15. The van der Waals surface area contributed by atoms with Crippen LogP contribution in [0.5, 0.6) is 0 Å². The molecule has 1 aliphatic heterocycles. The van der Waals surface area contributed by atoms with E-state index in [1.165, 1.54) is 32.1 Å². The van der Waals surface area contributed by atoms with Gasteiger partial charge in [0.1, 0.15) is 6.04 Å². The van der Waals surface area contributed by atoms with Gasteiger partial charge in [-0.15, -0.1) is 0 Å². The molecule has 0 spiro atoms. The summed E-state index contributed by atoms with van der Waals surface area (Å²) in [4.78, 5) is 14.4. The summed E-state index contributed by atoms with van der Waals surface area (Å²) in [6, 6.07) is 0.640. The second-order valence-corrected chi connectivity index (χ2v) is 5.84. The van der Waals surface area contributed by atoms with E-state index in [0.29, 0.717) is 6.04 Å². The summed E-state index contributed by atoms with van der Waals surface area (Å²) < 4.78 is 0.